The number of phenolic OH excluding ortho intramolecular Hbond substituents is 1. The van der Waals surface area contributed by atoms with Gasteiger partial charge in [0.15, 0.2) is 0 Å². The van der Waals surface area contributed by atoms with Gasteiger partial charge in [-0.05, 0) is 18.2 Å². The van der Waals surface area contributed by atoms with Crippen LogP contribution in [0.4, 0.5) is 5.69 Å². The van der Waals surface area contributed by atoms with E-state index < -0.39 is 0 Å². The number of carbonyl (C=O) groups excluding carboxylic acids is 1. The molecule has 0 bridgehead atoms. The maximum absolute atomic E-state index is 9.82. The van der Waals surface area contributed by atoms with E-state index in [0.717, 1.165) is 0 Å². The first-order valence-electron chi connectivity index (χ1n) is 3.09. The average Bonchev–Trinajstić information content (AvgIpc) is 2.09. The molecule has 4 heteroatoms. The monoisotopic (exact) mass is 160 g/mol. The fraction of sp³-hybridized carbons (Fsp3) is 0. The molecule has 4 nitrogen and oxygen atoms in total. The first-order valence-corrected chi connectivity index (χ1v) is 3.09. The van der Waals surface area contributed by atoms with Crippen molar-refractivity contribution in [2.45, 2.75) is 0 Å². The predicted octanol–water partition coefficient (Wildman–Crippen LogP) is 1.23. The van der Waals surface area contributed by atoms with Crippen LogP contribution in [-0.2, 0) is 4.79 Å². The molecule has 0 aliphatic carbocycles. The van der Waals surface area contributed by atoms with Crippen molar-refractivity contribution >= 4 is 11.8 Å². The minimum atomic E-state index is -0.123. The third-order valence-corrected chi connectivity index (χ3v) is 1.28. The second-order valence-electron chi connectivity index (χ2n) is 2.02. The van der Waals surface area contributed by atoms with Gasteiger partial charge in [-0.3, -0.25) is 0 Å². The van der Waals surface area contributed by atoms with Gasteiger partial charge in [-0.1, -0.05) is 0 Å². The number of hydrogen-bond donors (Lipinski definition) is 1. The Morgan fingerprint density at radius 1 is 1.50 bits per heavy atom. The summed E-state index contributed by atoms with van der Waals surface area (Å²) in [7, 11) is 0. The molecule has 0 heterocycles. The number of aliphatic imine (C=N–C) groups is 1. The lowest BCUT2D eigenvalue weighted by Crippen LogP contribution is -1.74. The molecule has 0 unspecified atom stereocenters. The predicted molar refractivity (Wildman–Crippen MR) is 40.6 cm³/mol. The van der Waals surface area contributed by atoms with Crippen molar-refractivity contribution in [2.24, 2.45) is 4.99 Å². The number of isocyanates is 1. The third kappa shape index (κ3) is 1.48. The Morgan fingerprint density at radius 3 is 2.83 bits per heavy atom. The lowest BCUT2D eigenvalue weighted by molar-refractivity contribution is 0.473. The molecule has 12 heavy (non-hydrogen) atoms. The summed E-state index contributed by atoms with van der Waals surface area (Å²) in [5.74, 6) is -0.123. The minimum Gasteiger partial charge on any atom is -0.507 e. The molecule has 1 N–H and O–H groups in total. The zero-order chi connectivity index (χ0) is 8.97. The van der Waals surface area contributed by atoms with Crippen LogP contribution in [-0.4, -0.2) is 11.2 Å². The number of nitriles is 1. The number of hydrogen-bond acceptors (Lipinski definition) is 4. The average molecular weight is 160 g/mol. The largest absolute Gasteiger partial charge is 0.507 e. The van der Waals surface area contributed by atoms with Gasteiger partial charge < -0.3 is 5.11 Å². The van der Waals surface area contributed by atoms with E-state index in [1.807, 2.05) is 0 Å². The van der Waals surface area contributed by atoms with Crippen LogP contribution in [0.3, 0.4) is 0 Å². The summed E-state index contributed by atoms with van der Waals surface area (Å²) < 4.78 is 0. The van der Waals surface area contributed by atoms with E-state index in [1.54, 1.807) is 6.07 Å². The van der Waals surface area contributed by atoms with Crippen LogP contribution in [0.5, 0.6) is 5.75 Å². The van der Waals surface area contributed by atoms with Gasteiger partial charge in [-0.15, -0.1) is 0 Å². The Hall–Kier alpha value is -2.11. The van der Waals surface area contributed by atoms with Crippen LogP contribution in [0, 0.1) is 11.3 Å². The molecule has 0 spiro atoms. The van der Waals surface area contributed by atoms with E-state index in [9.17, 15) is 4.79 Å². The molecule has 0 radical (unpaired) electrons. The molecule has 0 aliphatic heterocycles. The summed E-state index contributed by atoms with van der Waals surface area (Å²) in [5.41, 5.74) is 0.394. The van der Waals surface area contributed by atoms with E-state index in [4.69, 9.17) is 10.4 Å². The lowest BCUT2D eigenvalue weighted by atomic mass is 10.2. The minimum absolute atomic E-state index is 0.0894. The van der Waals surface area contributed by atoms with Gasteiger partial charge in [-0.2, -0.15) is 10.3 Å². The van der Waals surface area contributed by atoms with Gasteiger partial charge in [0.05, 0.1) is 11.3 Å². The molecule has 0 amide bonds. The molecule has 0 aliphatic rings. The zero-order valence-corrected chi connectivity index (χ0v) is 5.98. The number of rotatable bonds is 1. The number of aromatic hydroxyl groups is 1. The highest BCUT2D eigenvalue weighted by molar-refractivity contribution is 5.56. The van der Waals surface area contributed by atoms with Gasteiger partial charge in [0, 0.05) is 0 Å². The van der Waals surface area contributed by atoms with Crippen molar-refractivity contribution in [3.05, 3.63) is 23.8 Å². The van der Waals surface area contributed by atoms with Crippen LogP contribution < -0.4 is 0 Å². The molecular weight excluding hydrogens is 156 g/mol. The Balaban J connectivity index is 3.24. The number of benzene rings is 1. The molecule has 0 aromatic heterocycles. The van der Waals surface area contributed by atoms with Gasteiger partial charge >= 0.3 is 0 Å². The van der Waals surface area contributed by atoms with Gasteiger partial charge in [-0.25, -0.2) is 4.79 Å². The highest BCUT2D eigenvalue weighted by atomic mass is 16.3. The maximum Gasteiger partial charge on any atom is 0.240 e. The molecule has 1 aromatic carbocycles. The molecule has 0 atom stereocenters. The number of phenols is 1. The van der Waals surface area contributed by atoms with E-state index in [1.165, 1.54) is 24.3 Å². The van der Waals surface area contributed by atoms with Crippen LogP contribution in [0.1, 0.15) is 5.56 Å². The van der Waals surface area contributed by atoms with Crippen molar-refractivity contribution in [2.75, 3.05) is 0 Å². The van der Waals surface area contributed by atoms with Crippen molar-refractivity contribution in [3.8, 4) is 11.8 Å². The lowest BCUT2D eigenvalue weighted by Gasteiger charge is -1.94. The fourth-order valence-corrected chi connectivity index (χ4v) is 0.736. The first kappa shape index (κ1) is 7.99. The van der Waals surface area contributed by atoms with E-state index in [0.29, 0.717) is 5.69 Å². The summed E-state index contributed by atoms with van der Waals surface area (Å²) >= 11 is 0. The molecule has 58 valence electrons. The molecule has 1 aromatic rings. The van der Waals surface area contributed by atoms with Gasteiger partial charge in [0.1, 0.15) is 11.8 Å². The van der Waals surface area contributed by atoms with Crippen molar-refractivity contribution in [1.29, 1.82) is 5.26 Å². The highest BCUT2D eigenvalue weighted by Crippen LogP contribution is 2.21. The number of nitrogens with zero attached hydrogens (tertiary/aromatic N) is 2. The zero-order valence-electron chi connectivity index (χ0n) is 5.98. The third-order valence-electron chi connectivity index (χ3n) is 1.28. The quantitative estimate of drug-likeness (QED) is 0.496. The summed E-state index contributed by atoms with van der Waals surface area (Å²) in [6.45, 7) is 0. The van der Waals surface area contributed by atoms with Crippen LogP contribution in [0.25, 0.3) is 0 Å². The highest BCUT2D eigenvalue weighted by Gasteiger charge is 1.99. The topological polar surface area (TPSA) is 73.5 Å². The Bertz CT molecular complexity index is 387. The SMILES string of the molecule is N#Cc1cc(N=C=O)ccc1O. The fourth-order valence-electron chi connectivity index (χ4n) is 0.736. The molecule has 0 saturated heterocycles. The normalized spacial score (nSPS) is 8.25. The second kappa shape index (κ2) is 3.33. The van der Waals surface area contributed by atoms with Crippen LogP contribution in [0.15, 0.2) is 23.2 Å². The van der Waals surface area contributed by atoms with Crippen molar-refractivity contribution in [1.82, 2.24) is 0 Å². The maximum atomic E-state index is 9.82. The van der Waals surface area contributed by atoms with Crippen molar-refractivity contribution in [3.63, 3.8) is 0 Å². The summed E-state index contributed by atoms with van der Waals surface area (Å²) in [4.78, 5) is 13.1. The Morgan fingerprint density at radius 2 is 2.25 bits per heavy atom. The summed E-state index contributed by atoms with van der Waals surface area (Å²) in [5, 5.41) is 17.5. The standard InChI is InChI=1S/C8H4N2O2/c9-4-6-3-7(10-5-11)1-2-8(6)12/h1-3,12H. The Labute approximate surface area is 68.4 Å². The summed E-state index contributed by atoms with van der Waals surface area (Å²) in [6, 6.07) is 5.78. The van der Waals surface area contributed by atoms with E-state index in [-0.39, 0.29) is 11.3 Å². The first-order chi connectivity index (χ1) is 5.77. The molecule has 0 saturated carbocycles. The molecule has 0 fully saturated rings. The molecular formula is C8H4N2O2. The second-order valence-corrected chi connectivity index (χ2v) is 2.02. The van der Waals surface area contributed by atoms with Crippen LogP contribution >= 0.6 is 0 Å². The molecule has 1 rings (SSSR count). The van der Waals surface area contributed by atoms with E-state index >= 15 is 0 Å². The smallest absolute Gasteiger partial charge is 0.240 e. The van der Waals surface area contributed by atoms with Crippen molar-refractivity contribution < 1.29 is 9.90 Å². The van der Waals surface area contributed by atoms with E-state index in [2.05, 4.69) is 4.99 Å². The van der Waals surface area contributed by atoms with Crippen LogP contribution in [0.2, 0.25) is 0 Å². The van der Waals surface area contributed by atoms with Gasteiger partial charge in [0.2, 0.25) is 6.08 Å². The van der Waals surface area contributed by atoms with Gasteiger partial charge in [0.25, 0.3) is 0 Å². The Kier molecular flexibility index (Phi) is 2.22. The summed E-state index contributed by atoms with van der Waals surface area (Å²) in [6.07, 6.45) is 1.34.